The standard InChI is InChI=1S/C10H19O/c1-2-3-4-5-6-7-8-9-10-11/h10H,1-9H2. The molecule has 0 rings (SSSR count). The number of hydrogen-bond donors (Lipinski definition) is 0. The van der Waals surface area contributed by atoms with E-state index in [4.69, 9.17) is 0 Å². The van der Waals surface area contributed by atoms with Gasteiger partial charge in [-0.1, -0.05) is 45.4 Å². The van der Waals surface area contributed by atoms with Gasteiger partial charge in [-0.2, -0.15) is 0 Å². The molecule has 0 bridgehead atoms. The van der Waals surface area contributed by atoms with Crippen LogP contribution >= 0.6 is 0 Å². The van der Waals surface area contributed by atoms with Crippen molar-refractivity contribution in [1.29, 1.82) is 0 Å². The van der Waals surface area contributed by atoms with Gasteiger partial charge in [0.15, 0.2) is 0 Å². The lowest BCUT2D eigenvalue weighted by Gasteiger charge is -1.97. The van der Waals surface area contributed by atoms with Gasteiger partial charge in [0.2, 0.25) is 0 Å². The van der Waals surface area contributed by atoms with Crippen LogP contribution in [0.5, 0.6) is 0 Å². The molecule has 0 fully saturated rings. The predicted octanol–water partition coefficient (Wildman–Crippen LogP) is 3.14. The highest BCUT2D eigenvalue weighted by atomic mass is 16.1. The molecule has 0 amide bonds. The molecular weight excluding hydrogens is 136 g/mol. The van der Waals surface area contributed by atoms with Crippen molar-refractivity contribution in [2.75, 3.05) is 0 Å². The van der Waals surface area contributed by atoms with E-state index in [1.807, 2.05) is 0 Å². The molecule has 0 saturated carbocycles. The van der Waals surface area contributed by atoms with E-state index < -0.39 is 0 Å². The van der Waals surface area contributed by atoms with Crippen LogP contribution in [0.15, 0.2) is 0 Å². The molecular formula is C10H19O. The lowest BCUT2D eigenvalue weighted by molar-refractivity contribution is -0.107. The molecule has 0 aromatic heterocycles. The van der Waals surface area contributed by atoms with Gasteiger partial charge >= 0.3 is 0 Å². The minimum Gasteiger partial charge on any atom is -0.303 e. The van der Waals surface area contributed by atoms with E-state index in [9.17, 15) is 4.79 Å². The molecule has 0 aromatic rings. The maximum atomic E-state index is 9.93. The van der Waals surface area contributed by atoms with Crippen LogP contribution < -0.4 is 0 Å². The van der Waals surface area contributed by atoms with Crippen LogP contribution in [0.1, 0.15) is 51.4 Å². The van der Waals surface area contributed by atoms with Crippen LogP contribution in [0.2, 0.25) is 0 Å². The Morgan fingerprint density at radius 1 is 0.909 bits per heavy atom. The average molecular weight is 155 g/mol. The third-order valence-corrected chi connectivity index (χ3v) is 1.82. The fourth-order valence-electron chi connectivity index (χ4n) is 1.11. The SMILES string of the molecule is [CH2]CCCCCCCCC=O. The normalized spacial score (nSPS) is 9.91. The quantitative estimate of drug-likeness (QED) is 0.389. The van der Waals surface area contributed by atoms with Crippen molar-refractivity contribution in [3.63, 3.8) is 0 Å². The number of carbonyl (C=O) groups is 1. The molecule has 0 saturated heterocycles. The molecule has 0 spiro atoms. The molecule has 65 valence electrons. The summed E-state index contributed by atoms with van der Waals surface area (Å²) >= 11 is 0. The van der Waals surface area contributed by atoms with E-state index in [1.165, 1.54) is 32.1 Å². The molecule has 11 heavy (non-hydrogen) atoms. The van der Waals surface area contributed by atoms with E-state index in [2.05, 4.69) is 6.92 Å². The molecule has 0 aliphatic carbocycles. The van der Waals surface area contributed by atoms with Crippen molar-refractivity contribution in [1.82, 2.24) is 0 Å². The summed E-state index contributed by atoms with van der Waals surface area (Å²) in [4.78, 5) is 9.93. The molecule has 1 nitrogen and oxygen atoms in total. The monoisotopic (exact) mass is 155 g/mol. The number of hydrogen-bond acceptors (Lipinski definition) is 1. The summed E-state index contributed by atoms with van der Waals surface area (Å²) in [5.74, 6) is 0. The van der Waals surface area contributed by atoms with Gasteiger partial charge in [0.1, 0.15) is 6.29 Å². The fraction of sp³-hybridized carbons (Fsp3) is 0.800. The molecule has 0 N–H and O–H groups in total. The van der Waals surface area contributed by atoms with E-state index in [0.717, 1.165) is 25.5 Å². The summed E-state index contributed by atoms with van der Waals surface area (Å²) in [6, 6.07) is 0. The highest BCUT2D eigenvalue weighted by molar-refractivity contribution is 5.48. The molecule has 0 atom stereocenters. The van der Waals surface area contributed by atoms with Gasteiger partial charge in [-0.15, -0.1) is 0 Å². The van der Waals surface area contributed by atoms with Crippen molar-refractivity contribution < 1.29 is 4.79 Å². The average Bonchev–Trinajstić information content (AvgIpc) is 2.03. The Morgan fingerprint density at radius 2 is 1.45 bits per heavy atom. The Balaban J connectivity index is 2.74. The molecule has 0 aliphatic rings. The zero-order chi connectivity index (χ0) is 8.36. The van der Waals surface area contributed by atoms with E-state index in [-0.39, 0.29) is 0 Å². The second-order valence-electron chi connectivity index (χ2n) is 2.93. The van der Waals surface area contributed by atoms with Crippen LogP contribution in [-0.2, 0) is 4.79 Å². The Labute approximate surface area is 70.2 Å². The lowest BCUT2D eigenvalue weighted by atomic mass is 10.1. The summed E-state index contributed by atoms with van der Waals surface area (Å²) in [6.07, 6.45) is 10.3. The fourth-order valence-corrected chi connectivity index (χ4v) is 1.11. The number of aldehydes is 1. The van der Waals surface area contributed by atoms with Crippen LogP contribution in [0.4, 0.5) is 0 Å². The summed E-state index contributed by atoms with van der Waals surface area (Å²) in [5.41, 5.74) is 0. The molecule has 1 heteroatoms. The third-order valence-electron chi connectivity index (χ3n) is 1.82. The molecule has 0 unspecified atom stereocenters. The summed E-state index contributed by atoms with van der Waals surface area (Å²) in [7, 11) is 0. The second kappa shape index (κ2) is 9.67. The Hall–Kier alpha value is -0.330. The topological polar surface area (TPSA) is 17.1 Å². The van der Waals surface area contributed by atoms with Crippen molar-refractivity contribution >= 4 is 6.29 Å². The van der Waals surface area contributed by atoms with Crippen LogP contribution in [0, 0.1) is 6.92 Å². The predicted molar refractivity (Wildman–Crippen MR) is 48.4 cm³/mol. The minimum atomic E-state index is 0.745. The second-order valence-corrected chi connectivity index (χ2v) is 2.93. The van der Waals surface area contributed by atoms with Gasteiger partial charge in [0.25, 0.3) is 0 Å². The lowest BCUT2D eigenvalue weighted by Crippen LogP contribution is -1.80. The largest absolute Gasteiger partial charge is 0.303 e. The first kappa shape index (κ1) is 10.7. The Morgan fingerprint density at radius 3 is 2.00 bits per heavy atom. The highest BCUT2D eigenvalue weighted by Crippen LogP contribution is 2.07. The maximum Gasteiger partial charge on any atom is 0.119 e. The smallest absolute Gasteiger partial charge is 0.119 e. The first-order valence-electron chi connectivity index (χ1n) is 4.64. The van der Waals surface area contributed by atoms with E-state index in [0.29, 0.717) is 0 Å². The van der Waals surface area contributed by atoms with Gasteiger partial charge in [-0.3, -0.25) is 0 Å². The molecule has 0 aliphatic heterocycles. The first-order valence-corrected chi connectivity index (χ1v) is 4.64. The highest BCUT2D eigenvalue weighted by Gasteiger charge is 1.89. The molecule has 1 radical (unpaired) electrons. The maximum absolute atomic E-state index is 9.93. The minimum absolute atomic E-state index is 0.745. The number of unbranched alkanes of at least 4 members (excludes halogenated alkanes) is 7. The van der Waals surface area contributed by atoms with E-state index in [1.54, 1.807) is 0 Å². The van der Waals surface area contributed by atoms with Gasteiger partial charge < -0.3 is 4.79 Å². The van der Waals surface area contributed by atoms with Gasteiger partial charge in [0, 0.05) is 6.42 Å². The van der Waals surface area contributed by atoms with Crippen molar-refractivity contribution in [3.8, 4) is 0 Å². The first-order chi connectivity index (χ1) is 5.41. The Kier molecular flexibility index (Phi) is 9.38. The van der Waals surface area contributed by atoms with Gasteiger partial charge in [-0.05, 0) is 6.42 Å². The van der Waals surface area contributed by atoms with Gasteiger partial charge in [0.05, 0.1) is 0 Å². The number of rotatable bonds is 8. The summed E-state index contributed by atoms with van der Waals surface area (Å²) < 4.78 is 0. The van der Waals surface area contributed by atoms with Crippen LogP contribution in [-0.4, -0.2) is 6.29 Å². The summed E-state index contributed by atoms with van der Waals surface area (Å²) in [6.45, 7) is 3.79. The van der Waals surface area contributed by atoms with Crippen molar-refractivity contribution in [2.45, 2.75) is 51.4 Å². The zero-order valence-electron chi connectivity index (χ0n) is 7.35. The zero-order valence-corrected chi connectivity index (χ0v) is 7.35. The van der Waals surface area contributed by atoms with Crippen LogP contribution in [0.3, 0.4) is 0 Å². The van der Waals surface area contributed by atoms with Crippen LogP contribution in [0.25, 0.3) is 0 Å². The van der Waals surface area contributed by atoms with E-state index >= 15 is 0 Å². The van der Waals surface area contributed by atoms with Crippen molar-refractivity contribution in [3.05, 3.63) is 6.92 Å². The van der Waals surface area contributed by atoms with Gasteiger partial charge in [-0.25, -0.2) is 0 Å². The molecule has 0 heterocycles. The summed E-state index contributed by atoms with van der Waals surface area (Å²) in [5, 5.41) is 0. The number of carbonyl (C=O) groups excluding carboxylic acids is 1. The third kappa shape index (κ3) is 9.67. The van der Waals surface area contributed by atoms with Crippen molar-refractivity contribution in [2.24, 2.45) is 0 Å². The molecule has 0 aromatic carbocycles. The Bertz CT molecular complexity index is 78.9.